The van der Waals surface area contributed by atoms with Crippen molar-refractivity contribution in [1.82, 2.24) is 20.5 Å². The molecule has 2 aromatic rings. The molecule has 0 aliphatic heterocycles. The van der Waals surface area contributed by atoms with Crippen LogP contribution in [0.1, 0.15) is 35.6 Å². The Morgan fingerprint density at radius 1 is 1.47 bits per heavy atom. The summed E-state index contributed by atoms with van der Waals surface area (Å²) in [7, 11) is 0. The lowest BCUT2D eigenvalue weighted by molar-refractivity contribution is 0.0925. The van der Waals surface area contributed by atoms with Gasteiger partial charge in [0.25, 0.3) is 5.91 Å². The second-order valence-corrected chi connectivity index (χ2v) is 4.94. The van der Waals surface area contributed by atoms with E-state index in [2.05, 4.69) is 36.4 Å². The van der Waals surface area contributed by atoms with Crippen molar-refractivity contribution < 1.29 is 4.79 Å². The van der Waals surface area contributed by atoms with Gasteiger partial charge in [0.15, 0.2) is 0 Å². The number of aromatic amines is 1. The quantitative estimate of drug-likeness (QED) is 0.802. The fourth-order valence-corrected chi connectivity index (χ4v) is 1.98. The Kier molecular flexibility index (Phi) is 4.16. The number of hydrogen-bond donors (Lipinski definition) is 3. The number of amides is 1. The minimum Gasteiger partial charge on any atom is -0.366 e. The molecule has 0 spiro atoms. The summed E-state index contributed by atoms with van der Waals surface area (Å²) in [5.74, 6) is -0.145. The van der Waals surface area contributed by atoms with Gasteiger partial charge in [0, 0.05) is 4.47 Å². The van der Waals surface area contributed by atoms with Crippen LogP contribution in [0.25, 0.3) is 0 Å². The number of halogens is 1. The number of rotatable bonds is 4. The lowest BCUT2D eigenvalue weighted by Crippen LogP contribution is -2.29. The van der Waals surface area contributed by atoms with Crippen molar-refractivity contribution in [2.75, 3.05) is 5.73 Å². The molecular formula is C12H14BrN5O. The largest absolute Gasteiger partial charge is 0.366 e. The third-order valence-corrected chi connectivity index (χ3v) is 3.23. The van der Waals surface area contributed by atoms with E-state index in [1.165, 1.54) is 0 Å². The van der Waals surface area contributed by atoms with Crippen LogP contribution in [-0.2, 0) is 0 Å². The van der Waals surface area contributed by atoms with Gasteiger partial charge in [-0.25, -0.2) is 0 Å². The lowest BCUT2D eigenvalue weighted by atomic mass is 10.0. The van der Waals surface area contributed by atoms with Gasteiger partial charge in [-0.05, 0) is 24.1 Å². The molecule has 1 heterocycles. The topological polar surface area (TPSA) is 96.7 Å². The van der Waals surface area contributed by atoms with E-state index in [0.29, 0.717) is 0 Å². The van der Waals surface area contributed by atoms with Gasteiger partial charge in [-0.1, -0.05) is 35.0 Å². The van der Waals surface area contributed by atoms with Gasteiger partial charge in [0.1, 0.15) is 0 Å². The van der Waals surface area contributed by atoms with Crippen LogP contribution >= 0.6 is 15.9 Å². The van der Waals surface area contributed by atoms with E-state index >= 15 is 0 Å². The van der Waals surface area contributed by atoms with Crippen LogP contribution in [0.5, 0.6) is 0 Å². The molecule has 1 unspecified atom stereocenters. The molecule has 0 radical (unpaired) electrons. The van der Waals surface area contributed by atoms with Crippen molar-refractivity contribution in [1.29, 1.82) is 0 Å². The standard InChI is InChI=1S/C12H14BrN5O/c1-2-9(7-3-5-8(13)6-4-7)15-11(19)10-16-12(14)18-17-10/h3-6,9H,2H2,1H3,(H,15,19)(H3,14,16,17,18). The molecule has 4 N–H and O–H groups in total. The molecule has 2 rings (SSSR count). The number of benzene rings is 1. The number of hydrogen-bond acceptors (Lipinski definition) is 4. The zero-order valence-corrected chi connectivity index (χ0v) is 11.9. The van der Waals surface area contributed by atoms with Crippen LogP contribution in [0, 0.1) is 0 Å². The molecule has 0 saturated carbocycles. The highest BCUT2D eigenvalue weighted by Gasteiger charge is 2.16. The Bertz CT molecular complexity index is 566. The van der Waals surface area contributed by atoms with Crippen LogP contribution < -0.4 is 11.1 Å². The number of carbonyl (C=O) groups excluding carboxylic acids is 1. The van der Waals surface area contributed by atoms with Crippen LogP contribution in [0.3, 0.4) is 0 Å². The van der Waals surface area contributed by atoms with Gasteiger partial charge in [-0.3, -0.25) is 9.89 Å². The average molecular weight is 324 g/mol. The number of carbonyl (C=O) groups is 1. The normalized spacial score (nSPS) is 12.1. The summed E-state index contributed by atoms with van der Waals surface area (Å²) in [6.45, 7) is 2.00. The molecule has 0 aliphatic carbocycles. The molecule has 100 valence electrons. The van der Waals surface area contributed by atoms with Crippen LogP contribution in [-0.4, -0.2) is 21.1 Å². The van der Waals surface area contributed by atoms with Crippen molar-refractivity contribution in [2.45, 2.75) is 19.4 Å². The first kappa shape index (κ1) is 13.5. The number of nitrogens with zero attached hydrogens (tertiary/aromatic N) is 2. The summed E-state index contributed by atoms with van der Waals surface area (Å²) in [4.78, 5) is 15.8. The van der Waals surface area contributed by atoms with E-state index in [-0.39, 0.29) is 23.7 Å². The van der Waals surface area contributed by atoms with E-state index in [1.807, 2.05) is 31.2 Å². The minimum atomic E-state index is -0.320. The average Bonchev–Trinajstić information content (AvgIpc) is 2.84. The van der Waals surface area contributed by atoms with Gasteiger partial charge in [0.05, 0.1) is 6.04 Å². The number of aromatic nitrogens is 3. The summed E-state index contributed by atoms with van der Waals surface area (Å²) in [6.07, 6.45) is 0.775. The van der Waals surface area contributed by atoms with Gasteiger partial charge in [0.2, 0.25) is 11.8 Å². The van der Waals surface area contributed by atoms with Crippen molar-refractivity contribution in [3.8, 4) is 0 Å². The van der Waals surface area contributed by atoms with Crippen molar-refractivity contribution in [2.24, 2.45) is 0 Å². The maximum Gasteiger partial charge on any atom is 0.289 e. The van der Waals surface area contributed by atoms with Gasteiger partial charge in [-0.2, -0.15) is 4.98 Å². The third-order valence-electron chi connectivity index (χ3n) is 2.70. The predicted octanol–water partition coefficient (Wildman–Crippen LogP) is 2.03. The zero-order valence-electron chi connectivity index (χ0n) is 10.4. The highest BCUT2D eigenvalue weighted by Crippen LogP contribution is 2.19. The Morgan fingerprint density at radius 3 is 2.68 bits per heavy atom. The lowest BCUT2D eigenvalue weighted by Gasteiger charge is -2.16. The van der Waals surface area contributed by atoms with Gasteiger partial charge < -0.3 is 11.1 Å². The third kappa shape index (κ3) is 3.31. The van der Waals surface area contributed by atoms with Crippen LogP contribution in [0.4, 0.5) is 5.95 Å². The molecule has 1 atom stereocenters. The van der Waals surface area contributed by atoms with Gasteiger partial charge >= 0.3 is 0 Å². The molecule has 0 saturated heterocycles. The molecular weight excluding hydrogens is 310 g/mol. The molecule has 1 amide bonds. The minimum absolute atomic E-state index is 0.0573. The van der Waals surface area contributed by atoms with Gasteiger partial charge in [-0.15, -0.1) is 5.10 Å². The summed E-state index contributed by atoms with van der Waals surface area (Å²) in [5, 5.41) is 9.01. The van der Waals surface area contributed by atoms with Crippen molar-refractivity contribution in [3.63, 3.8) is 0 Å². The summed E-state index contributed by atoms with van der Waals surface area (Å²) >= 11 is 3.38. The Hall–Kier alpha value is -1.89. The van der Waals surface area contributed by atoms with E-state index in [1.54, 1.807) is 0 Å². The summed E-state index contributed by atoms with van der Waals surface area (Å²) in [6, 6.07) is 7.74. The predicted molar refractivity (Wildman–Crippen MR) is 75.4 cm³/mol. The maximum atomic E-state index is 12.0. The number of H-pyrrole nitrogens is 1. The van der Waals surface area contributed by atoms with Crippen LogP contribution in [0.15, 0.2) is 28.7 Å². The molecule has 0 aliphatic rings. The first-order valence-electron chi connectivity index (χ1n) is 5.84. The highest BCUT2D eigenvalue weighted by atomic mass is 79.9. The van der Waals surface area contributed by atoms with Crippen molar-refractivity contribution >= 4 is 27.8 Å². The SMILES string of the molecule is CCC(NC(=O)c1nc(N)n[nH]1)c1ccc(Br)cc1. The maximum absolute atomic E-state index is 12.0. The summed E-state index contributed by atoms with van der Waals surface area (Å²) in [5.41, 5.74) is 6.40. The number of nitrogens with two attached hydrogens (primary N) is 1. The molecule has 7 heteroatoms. The van der Waals surface area contributed by atoms with Crippen molar-refractivity contribution in [3.05, 3.63) is 40.1 Å². The number of anilines is 1. The van der Waals surface area contributed by atoms with E-state index in [4.69, 9.17) is 5.73 Å². The van der Waals surface area contributed by atoms with E-state index in [9.17, 15) is 4.79 Å². The highest BCUT2D eigenvalue weighted by molar-refractivity contribution is 9.10. The van der Waals surface area contributed by atoms with Crippen LogP contribution in [0.2, 0.25) is 0 Å². The molecule has 0 fully saturated rings. The molecule has 19 heavy (non-hydrogen) atoms. The molecule has 6 nitrogen and oxygen atoms in total. The fourth-order valence-electron chi connectivity index (χ4n) is 1.72. The number of nitrogens with one attached hydrogen (secondary N) is 2. The first-order chi connectivity index (χ1) is 9.10. The Balaban J connectivity index is 2.11. The molecule has 0 bridgehead atoms. The Labute approximate surface area is 118 Å². The van der Waals surface area contributed by atoms with E-state index < -0.39 is 0 Å². The Morgan fingerprint density at radius 2 is 2.16 bits per heavy atom. The molecule has 1 aromatic carbocycles. The number of nitrogen functional groups attached to an aromatic ring is 1. The first-order valence-corrected chi connectivity index (χ1v) is 6.63. The zero-order chi connectivity index (χ0) is 13.8. The second kappa shape index (κ2) is 5.83. The van der Waals surface area contributed by atoms with E-state index in [0.717, 1.165) is 16.5 Å². The fraction of sp³-hybridized carbons (Fsp3) is 0.250. The smallest absolute Gasteiger partial charge is 0.289 e. The molecule has 1 aromatic heterocycles. The summed E-state index contributed by atoms with van der Waals surface area (Å²) < 4.78 is 1.00. The second-order valence-electron chi connectivity index (χ2n) is 4.03. The monoisotopic (exact) mass is 323 g/mol.